The number of alkyl halides is 1. The Hall–Kier alpha value is -2.80. The molecule has 0 radical (unpaired) electrons. The van der Waals surface area contributed by atoms with E-state index in [-0.39, 0.29) is 6.04 Å². The summed E-state index contributed by atoms with van der Waals surface area (Å²) < 4.78 is 15.9. The zero-order valence-corrected chi connectivity index (χ0v) is 14.4. The highest BCUT2D eigenvalue weighted by atomic mass is 19.1. The Morgan fingerprint density at radius 2 is 1.96 bits per heavy atom. The number of hydrogen-bond donors (Lipinski definition) is 1. The number of para-hydroxylation sites is 1. The minimum Gasteiger partial charge on any atom is -0.348 e. The standard InChI is InChI=1S/C19H21FN6/c20-15-11-18(25(14-15)19-7-4-9-22-24-19)13-21-12-17-8-10-23-26(17)16-5-2-1-3-6-16/h1-10,15,18,21H,11-14H2/t15-,18-/m0/s1. The van der Waals surface area contributed by atoms with E-state index in [2.05, 4.69) is 20.6 Å². The lowest BCUT2D eigenvalue weighted by Gasteiger charge is -2.25. The Labute approximate surface area is 151 Å². The van der Waals surface area contributed by atoms with Crippen molar-refractivity contribution in [3.63, 3.8) is 0 Å². The first-order valence-electron chi connectivity index (χ1n) is 8.79. The van der Waals surface area contributed by atoms with Crippen molar-refractivity contribution in [2.45, 2.75) is 25.2 Å². The van der Waals surface area contributed by atoms with Crippen molar-refractivity contribution in [3.8, 4) is 5.69 Å². The molecule has 1 aliphatic rings. The molecule has 0 spiro atoms. The van der Waals surface area contributed by atoms with Crippen molar-refractivity contribution >= 4 is 5.82 Å². The molecule has 6 nitrogen and oxygen atoms in total. The molecule has 2 atom stereocenters. The molecule has 1 saturated heterocycles. The number of halogens is 1. The summed E-state index contributed by atoms with van der Waals surface area (Å²) in [5, 5.41) is 15.9. The molecule has 0 aliphatic carbocycles. The largest absolute Gasteiger partial charge is 0.348 e. The van der Waals surface area contributed by atoms with E-state index in [9.17, 15) is 4.39 Å². The van der Waals surface area contributed by atoms with Crippen LogP contribution < -0.4 is 10.2 Å². The summed E-state index contributed by atoms with van der Waals surface area (Å²) in [5.74, 6) is 0.730. The van der Waals surface area contributed by atoms with Gasteiger partial charge in [-0.15, -0.1) is 5.10 Å². The van der Waals surface area contributed by atoms with E-state index in [1.54, 1.807) is 12.4 Å². The molecule has 0 saturated carbocycles. The predicted molar refractivity (Wildman–Crippen MR) is 97.9 cm³/mol. The minimum atomic E-state index is -0.835. The van der Waals surface area contributed by atoms with E-state index in [1.807, 2.05) is 58.1 Å². The van der Waals surface area contributed by atoms with Gasteiger partial charge in [0.05, 0.1) is 17.9 Å². The van der Waals surface area contributed by atoms with Gasteiger partial charge in [0.2, 0.25) is 0 Å². The van der Waals surface area contributed by atoms with E-state index in [1.165, 1.54) is 0 Å². The first-order chi connectivity index (χ1) is 12.8. The first kappa shape index (κ1) is 16.7. The van der Waals surface area contributed by atoms with Crippen LogP contribution in [0.25, 0.3) is 5.69 Å². The van der Waals surface area contributed by atoms with Crippen molar-refractivity contribution in [2.24, 2.45) is 0 Å². The third kappa shape index (κ3) is 3.57. The SMILES string of the molecule is F[C@H]1C[C@@H](CNCc2ccnn2-c2ccccc2)N(c2cccnn2)C1. The van der Waals surface area contributed by atoms with Gasteiger partial charge in [0, 0.05) is 37.9 Å². The second kappa shape index (κ2) is 7.61. The molecule has 3 aromatic rings. The molecule has 0 bridgehead atoms. The number of benzene rings is 1. The van der Waals surface area contributed by atoms with Crippen molar-refractivity contribution in [1.29, 1.82) is 0 Å². The summed E-state index contributed by atoms with van der Waals surface area (Å²) in [5.41, 5.74) is 2.09. The van der Waals surface area contributed by atoms with Gasteiger partial charge in [0.25, 0.3) is 0 Å². The highest BCUT2D eigenvalue weighted by Crippen LogP contribution is 2.25. The van der Waals surface area contributed by atoms with Crippen LogP contribution in [0, 0.1) is 0 Å². The number of nitrogens with one attached hydrogen (secondary N) is 1. The summed E-state index contributed by atoms with van der Waals surface area (Å²) in [6, 6.07) is 15.8. The molecule has 134 valence electrons. The van der Waals surface area contributed by atoms with Crippen molar-refractivity contribution in [3.05, 3.63) is 66.6 Å². The van der Waals surface area contributed by atoms with Crippen LogP contribution in [0.5, 0.6) is 0 Å². The van der Waals surface area contributed by atoms with Crippen LogP contribution in [0.3, 0.4) is 0 Å². The van der Waals surface area contributed by atoms with Crippen molar-refractivity contribution in [2.75, 3.05) is 18.0 Å². The Morgan fingerprint density at radius 1 is 1.08 bits per heavy atom. The lowest BCUT2D eigenvalue weighted by Crippen LogP contribution is -2.38. The van der Waals surface area contributed by atoms with Gasteiger partial charge < -0.3 is 10.2 Å². The lowest BCUT2D eigenvalue weighted by atomic mass is 10.2. The van der Waals surface area contributed by atoms with E-state index >= 15 is 0 Å². The minimum absolute atomic E-state index is 0.0646. The second-order valence-corrected chi connectivity index (χ2v) is 6.42. The fourth-order valence-electron chi connectivity index (χ4n) is 3.41. The summed E-state index contributed by atoms with van der Waals surface area (Å²) in [7, 11) is 0. The van der Waals surface area contributed by atoms with Crippen LogP contribution in [0.15, 0.2) is 60.9 Å². The van der Waals surface area contributed by atoms with Gasteiger partial charge in [0.15, 0.2) is 5.82 Å². The van der Waals surface area contributed by atoms with Gasteiger partial charge in [0.1, 0.15) is 6.17 Å². The molecule has 2 aromatic heterocycles. The maximum Gasteiger partial charge on any atom is 0.151 e. The average molecular weight is 352 g/mol. The Balaban J connectivity index is 1.40. The molecule has 0 amide bonds. The van der Waals surface area contributed by atoms with Gasteiger partial charge in [-0.1, -0.05) is 18.2 Å². The molecule has 4 rings (SSSR count). The molecule has 1 aromatic carbocycles. The molecule has 26 heavy (non-hydrogen) atoms. The normalized spacial score (nSPS) is 19.8. The van der Waals surface area contributed by atoms with E-state index in [4.69, 9.17) is 0 Å². The zero-order valence-electron chi connectivity index (χ0n) is 14.4. The van der Waals surface area contributed by atoms with E-state index in [0.717, 1.165) is 17.2 Å². The average Bonchev–Trinajstić information content (AvgIpc) is 3.30. The molecule has 3 heterocycles. The predicted octanol–water partition coefficient (Wildman–Crippen LogP) is 2.37. The van der Waals surface area contributed by atoms with Crippen molar-refractivity contribution < 1.29 is 4.39 Å². The van der Waals surface area contributed by atoms with Crippen LogP contribution in [0.2, 0.25) is 0 Å². The number of hydrogen-bond acceptors (Lipinski definition) is 5. The number of aromatic nitrogens is 4. The van der Waals surface area contributed by atoms with Crippen LogP contribution in [-0.2, 0) is 6.54 Å². The Bertz CT molecular complexity index is 822. The Morgan fingerprint density at radius 3 is 2.77 bits per heavy atom. The number of nitrogens with zero attached hydrogens (tertiary/aromatic N) is 5. The topological polar surface area (TPSA) is 58.9 Å². The third-order valence-corrected chi connectivity index (χ3v) is 4.62. The lowest BCUT2D eigenvalue weighted by molar-refractivity contribution is 0.354. The summed E-state index contributed by atoms with van der Waals surface area (Å²) in [6.45, 7) is 1.71. The van der Waals surface area contributed by atoms with Gasteiger partial charge in [-0.2, -0.15) is 10.2 Å². The smallest absolute Gasteiger partial charge is 0.151 e. The molecular formula is C19H21FN6. The number of anilines is 1. The summed E-state index contributed by atoms with van der Waals surface area (Å²) in [4.78, 5) is 2.00. The van der Waals surface area contributed by atoms with Crippen LogP contribution >= 0.6 is 0 Å². The molecule has 0 unspecified atom stereocenters. The quantitative estimate of drug-likeness (QED) is 0.738. The molecule has 7 heteroatoms. The summed E-state index contributed by atoms with van der Waals surface area (Å²) >= 11 is 0. The van der Waals surface area contributed by atoms with Crippen LogP contribution in [0.4, 0.5) is 10.2 Å². The van der Waals surface area contributed by atoms with E-state index < -0.39 is 6.17 Å². The van der Waals surface area contributed by atoms with Gasteiger partial charge in [-0.25, -0.2) is 9.07 Å². The molecule has 1 fully saturated rings. The zero-order chi connectivity index (χ0) is 17.8. The van der Waals surface area contributed by atoms with E-state index in [0.29, 0.717) is 26.1 Å². The molecular weight excluding hydrogens is 331 g/mol. The van der Waals surface area contributed by atoms with Gasteiger partial charge >= 0.3 is 0 Å². The molecule has 1 aliphatic heterocycles. The fraction of sp³-hybridized carbons (Fsp3) is 0.316. The Kier molecular flexibility index (Phi) is 4.88. The van der Waals surface area contributed by atoms with Crippen LogP contribution in [0.1, 0.15) is 12.1 Å². The third-order valence-electron chi connectivity index (χ3n) is 4.62. The van der Waals surface area contributed by atoms with Crippen molar-refractivity contribution in [1.82, 2.24) is 25.3 Å². The second-order valence-electron chi connectivity index (χ2n) is 6.42. The van der Waals surface area contributed by atoms with Gasteiger partial charge in [-0.3, -0.25) is 0 Å². The fourth-order valence-corrected chi connectivity index (χ4v) is 3.41. The summed E-state index contributed by atoms with van der Waals surface area (Å²) in [6.07, 6.45) is 3.09. The highest BCUT2D eigenvalue weighted by molar-refractivity contribution is 5.40. The highest BCUT2D eigenvalue weighted by Gasteiger charge is 2.32. The first-order valence-corrected chi connectivity index (χ1v) is 8.79. The molecule has 1 N–H and O–H groups in total. The van der Waals surface area contributed by atoms with Crippen LogP contribution in [-0.4, -0.2) is 45.3 Å². The maximum absolute atomic E-state index is 14.0. The monoisotopic (exact) mass is 352 g/mol. The van der Waals surface area contributed by atoms with Gasteiger partial charge in [-0.05, 0) is 30.3 Å². The number of rotatable bonds is 6. The maximum atomic E-state index is 14.0.